The predicted octanol–water partition coefficient (Wildman–Crippen LogP) is 4.02. The Hall–Kier alpha value is -1.47. The summed E-state index contributed by atoms with van der Waals surface area (Å²) in [5.41, 5.74) is 0.126. The predicted molar refractivity (Wildman–Crippen MR) is 94.5 cm³/mol. The molecule has 0 atom stereocenters. The third-order valence-electron chi connectivity index (χ3n) is 3.08. The molecule has 2 rings (SSSR count). The Morgan fingerprint density at radius 2 is 1.75 bits per heavy atom. The van der Waals surface area contributed by atoms with Gasteiger partial charge in [0, 0.05) is 5.02 Å². The maximum absolute atomic E-state index is 13.0. The lowest BCUT2D eigenvalue weighted by atomic mass is 10.3. The summed E-state index contributed by atoms with van der Waals surface area (Å²) >= 11 is 18.0. The highest BCUT2D eigenvalue weighted by molar-refractivity contribution is 7.93. The molecule has 0 saturated heterocycles. The molecule has 0 N–H and O–H groups in total. The molecule has 0 bridgehead atoms. The molecule has 2 aromatic carbocycles. The molecule has 5 nitrogen and oxygen atoms in total. The molecule has 0 fully saturated rings. The van der Waals surface area contributed by atoms with E-state index in [1.807, 2.05) is 0 Å². The van der Waals surface area contributed by atoms with Gasteiger partial charge in [-0.05, 0) is 30.3 Å². The fraction of sp³-hybridized carbons (Fsp3) is 0.133. The van der Waals surface area contributed by atoms with Crippen molar-refractivity contribution in [2.24, 2.45) is 0 Å². The SMILES string of the molecule is COC(=O)CN(c1ccccc1Cl)S(=O)(=O)c1cc(Cl)ccc1Cl. The average Bonchev–Trinajstić information content (AvgIpc) is 2.55. The Balaban J connectivity index is 2.64. The van der Waals surface area contributed by atoms with Crippen molar-refractivity contribution in [2.75, 3.05) is 18.0 Å². The molecular weight excluding hydrogens is 397 g/mol. The lowest BCUT2D eigenvalue weighted by Crippen LogP contribution is -2.36. The first-order valence-corrected chi connectivity index (χ1v) is 9.14. The summed E-state index contributed by atoms with van der Waals surface area (Å²) in [5.74, 6) is -0.753. The van der Waals surface area contributed by atoms with E-state index < -0.39 is 22.5 Å². The van der Waals surface area contributed by atoms with Gasteiger partial charge in [0.2, 0.25) is 0 Å². The van der Waals surface area contributed by atoms with E-state index in [-0.39, 0.29) is 25.7 Å². The number of ether oxygens (including phenoxy) is 1. The van der Waals surface area contributed by atoms with Crippen molar-refractivity contribution < 1.29 is 17.9 Å². The highest BCUT2D eigenvalue weighted by Gasteiger charge is 2.30. The van der Waals surface area contributed by atoms with Gasteiger partial charge < -0.3 is 4.74 Å². The van der Waals surface area contributed by atoms with Crippen molar-refractivity contribution in [3.63, 3.8) is 0 Å². The highest BCUT2D eigenvalue weighted by Crippen LogP contribution is 2.33. The molecule has 0 unspecified atom stereocenters. The number of nitrogens with zero attached hydrogens (tertiary/aromatic N) is 1. The van der Waals surface area contributed by atoms with E-state index in [0.717, 1.165) is 11.4 Å². The minimum absolute atomic E-state index is 0.0266. The van der Waals surface area contributed by atoms with Gasteiger partial charge in [0.25, 0.3) is 10.0 Å². The van der Waals surface area contributed by atoms with Crippen LogP contribution in [0.1, 0.15) is 0 Å². The van der Waals surface area contributed by atoms with Gasteiger partial charge >= 0.3 is 5.97 Å². The van der Waals surface area contributed by atoms with Crippen LogP contribution in [0.2, 0.25) is 15.1 Å². The third-order valence-corrected chi connectivity index (χ3v) is 5.88. The van der Waals surface area contributed by atoms with E-state index in [2.05, 4.69) is 4.74 Å². The molecule has 0 aliphatic rings. The normalized spacial score (nSPS) is 11.2. The fourth-order valence-electron chi connectivity index (χ4n) is 1.93. The molecule has 0 saturated carbocycles. The molecule has 0 heterocycles. The Labute approximate surface area is 154 Å². The van der Waals surface area contributed by atoms with Gasteiger partial charge in [0.05, 0.1) is 22.8 Å². The number of para-hydroxylation sites is 1. The van der Waals surface area contributed by atoms with Crippen LogP contribution in [0.5, 0.6) is 0 Å². The van der Waals surface area contributed by atoms with Gasteiger partial charge in [-0.1, -0.05) is 46.9 Å². The highest BCUT2D eigenvalue weighted by atomic mass is 35.5. The second-order valence-electron chi connectivity index (χ2n) is 4.61. The lowest BCUT2D eigenvalue weighted by molar-refractivity contribution is -0.138. The molecule has 0 spiro atoms. The van der Waals surface area contributed by atoms with Crippen LogP contribution in [0.4, 0.5) is 5.69 Å². The minimum atomic E-state index is -4.20. The maximum atomic E-state index is 13.0. The van der Waals surface area contributed by atoms with Gasteiger partial charge in [-0.2, -0.15) is 0 Å². The molecule has 2 aromatic rings. The van der Waals surface area contributed by atoms with Gasteiger partial charge in [-0.25, -0.2) is 8.42 Å². The number of rotatable bonds is 5. The zero-order chi connectivity index (χ0) is 17.9. The number of anilines is 1. The first kappa shape index (κ1) is 18.9. The summed E-state index contributed by atoms with van der Waals surface area (Å²) < 4.78 is 31.5. The molecular formula is C15H12Cl3NO4S. The number of sulfonamides is 1. The van der Waals surface area contributed by atoms with E-state index in [9.17, 15) is 13.2 Å². The van der Waals surface area contributed by atoms with Crippen LogP contribution in [0.3, 0.4) is 0 Å². The van der Waals surface area contributed by atoms with Crippen LogP contribution in [0.25, 0.3) is 0 Å². The maximum Gasteiger partial charge on any atom is 0.326 e. The molecule has 0 aromatic heterocycles. The van der Waals surface area contributed by atoms with Crippen LogP contribution in [-0.2, 0) is 19.6 Å². The summed E-state index contributed by atoms with van der Waals surface area (Å²) in [6.45, 7) is -0.564. The number of benzene rings is 2. The van der Waals surface area contributed by atoms with Crippen molar-refractivity contribution in [1.82, 2.24) is 0 Å². The van der Waals surface area contributed by atoms with Crippen molar-refractivity contribution in [1.29, 1.82) is 0 Å². The van der Waals surface area contributed by atoms with E-state index in [1.54, 1.807) is 12.1 Å². The summed E-state index contributed by atoms with van der Waals surface area (Å²) in [6.07, 6.45) is 0. The third kappa shape index (κ3) is 3.95. The summed E-state index contributed by atoms with van der Waals surface area (Å²) in [4.78, 5) is 11.5. The number of hydrogen-bond acceptors (Lipinski definition) is 4. The smallest absolute Gasteiger partial charge is 0.326 e. The van der Waals surface area contributed by atoms with Crippen LogP contribution < -0.4 is 4.31 Å². The van der Waals surface area contributed by atoms with Gasteiger partial charge in [-0.3, -0.25) is 9.10 Å². The fourth-order valence-corrected chi connectivity index (χ4v) is 4.39. The molecule has 24 heavy (non-hydrogen) atoms. The molecule has 0 amide bonds. The standard InChI is InChI=1S/C15H12Cl3NO4S/c1-23-15(20)9-19(13-5-3-2-4-11(13)17)24(21,22)14-8-10(16)6-7-12(14)18/h2-8H,9H2,1H3. The van der Waals surface area contributed by atoms with Crippen LogP contribution in [-0.4, -0.2) is 28.0 Å². The van der Waals surface area contributed by atoms with Crippen molar-refractivity contribution in [3.05, 3.63) is 57.5 Å². The second kappa shape index (κ2) is 7.61. The van der Waals surface area contributed by atoms with E-state index in [4.69, 9.17) is 34.8 Å². The largest absolute Gasteiger partial charge is 0.468 e. The number of halogens is 3. The Kier molecular flexibility index (Phi) is 5.98. The van der Waals surface area contributed by atoms with E-state index in [0.29, 0.717) is 0 Å². The van der Waals surface area contributed by atoms with Crippen molar-refractivity contribution >= 4 is 56.5 Å². The first-order valence-electron chi connectivity index (χ1n) is 6.56. The zero-order valence-corrected chi connectivity index (χ0v) is 15.5. The Morgan fingerprint density at radius 3 is 2.38 bits per heavy atom. The van der Waals surface area contributed by atoms with E-state index >= 15 is 0 Å². The average molecular weight is 409 g/mol. The van der Waals surface area contributed by atoms with Crippen molar-refractivity contribution in [3.8, 4) is 0 Å². The van der Waals surface area contributed by atoms with Crippen molar-refractivity contribution in [2.45, 2.75) is 4.90 Å². The number of hydrogen-bond donors (Lipinski definition) is 0. The summed E-state index contributed by atoms with van der Waals surface area (Å²) in [5, 5.41) is 0.319. The molecule has 9 heteroatoms. The zero-order valence-electron chi connectivity index (χ0n) is 12.4. The van der Waals surface area contributed by atoms with Crippen LogP contribution in [0, 0.1) is 0 Å². The molecule has 0 aliphatic carbocycles. The summed E-state index contributed by atoms with van der Waals surface area (Å²) in [6, 6.07) is 10.3. The number of esters is 1. The van der Waals surface area contributed by atoms with Crippen LogP contribution in [0.15, 0.2) is 47.4 Å². The second-order valence-corrected chi connectivity index (χ2v) is 7.70. The van der Waals surface area contributed by atoms with Gasteiger partial charge in [0.15, 0.2) is 0 Å². The quantitative estimate of drug-likeness (QED) is 0.701. The Morgan fingerprint density at radius 1 is 1.08 bits per heavy atom. The van der Waals surface area contributed by atoms with Crippen LogP contribution >= 0.6 is 34.8 Å². The first-order chi connectivity index (χ1) is 11.3. The lowest BCUT2D eigenvalue weighted by Gasteiger charge is -2.24. The van der Waals surface area contributed by atoms with Gasteiger partial charge in [0.1, 0.15) is 11.4 Å². The van der Waals surface area contributed by atoms with E-state index in [1.165, 1.54) is 30.3 Å². The molecule has 128 valence electrons. The minimum Gasteiger partial charge on any atom is -0.468 e. The molecule has 0 aliphatic heterocycles. The number of methoxy groups -OCH3 is 1. The monoisotopic (exact) mass is 407 g/mol. The Bertz CT molecular complexity index is 871. The number of carbonyl (C=O) groups is 1. The number of carbonyl (C=O) groups excluding carboxylic acids is 1. The summed E-state index contributed by atoms with van der Waals surface area (Å²) in [7, 11) is -3.04. The topological polar surface area (TPSA) is 63.7 Å². The molecule has 0 radical (unpaired) electrons. The van der Waals surface area contributed by atoms with Gasteiger partial charge in [-0.15, -0.1) is 0 Å².